The summed E-state index contributed by atoms with van der Waals surface area (Å²) in [6, 6.07) is 18.4. The van der Waals surface area contributed by atoms with E-state index < -0.39 is 0 Å². The van der Waals surface area contributed by atoms with Gasteiger partial charge in [-0.25, -0.2) is 9.37 Å². The van der Waals surface area contributed by atoms with E-state index in [4.69, 9.17) is 0 Å². The predicted molar refractivity (Wildman–Crippen MR) is 130 cm³/mol. The summed E-state index contributed by atoms with van der Waals surface area (Å²) in [7, 11) is 0. The van der Waals surface area contributed by atoms with Crippen LogP contribution in [0.4, 0.5) is 21.6 Å². The normalized spacial score (nSPS) is 16.0. The van der Waals surface area contributed by atoms with Crippen molar-refractivity contribution in [2.75, 3.05) is 60.9 Å². The molecule has 170 valence electrons. The SMILES string of the molecule is O=C(c1cccnc1NCCN1CCN(c2ccc(F)cc2)CC1)N1CCc2ccccc21. The van der Waals surface area contributed by atoms with Crippen molar-refractivity contribution < 1.29 is 9.18 Å². The topological polar surface area (TPSA) is 51.7 Å². The van der Waals surface area contributed by atoms with Gasteiger partial charge in [0, 0.05) is 63.4 Å². The van der Waals surface area contributed by atoms with Crippen molar-refractivity contribution >= 4 is 23.1 Å². The summed E-state index contributed by atoms with van der Waals surface area (Å²) >= 11 is 0. The molecule has 0 radical (unpaired) electrons. The number of pyridine rings is 1. The molecule has 7 heteroatoms. The molecule has 3 aromatic rings. The lowest BCUT2D eigenvalue weighted by Gasteiger charge is -2.36. The van der Waals surface area contributed by atoms with Crippen molar-refractivity contribution in [1.82, 2.24) is 9.88 Å². The number of hydrogen-bond donors (Lipinski definition) is 1. The van der Waals surface area contributed by atoms with E-state index in [1.54, 1.807) is 6.20 Å². The summed E-state index contributed by atoms with van der Waals surface area (Å²) in [5.41, 5.74) is 3.88. The summed E-state index contributed by atoms with van der Waals surface area (Å²) < 4.78 is 13.2. The number of anilines is 3. The molecule has 1 fully saturated rings. The minimum atomic E-state index is -0.204. The molecule has 33 heavy (non-hydrogen) atoms. The zero-order valence-corrected chi connectivity index (χ0v) is 18.6. The van der Waals surface area contributed by atoms with Gasteiger partial charge in [-0.2, -0.15) is 0 Å². The number of piperazine rings is 1. The summed E-state index contributed by atoms with van der Waals surface area (Å²) in [6.45, 7) is 5.99. The molecule has 6 nitrogen and oxygen atoms in total. The van der Waals surface area contributed by atoms with Gasteiger partial charge in [-0.05, 0) is 54.4 Å². The van der Waals surface area contributed by atoms with E-state index in [9.17, 15) is 9.18 Å². The van der Waals surface area contributed by atoms with Crippen LogP contribution in [0.3, 0.4) is 0 Å². The number of para-hydroxylation sites is 1. The van der Waals surface area contributed by atoms with E-state index in [1.165, 1.54) is 17.7 Å². The van der Waals surface area contributed by atoms with Crippen molar-refractivity contribution in [3.8, 4) is 0 Å². The molecular formula is C26H28FN5O. The standard InChI is InChI=1S/C26H28FN5O/c27-21-7-9-22(10-8-21)31-18-16-30(17-19-31)15-13-29-25-23(5-3-12-28-25)26(33)32-14-11-20-4-1-2-6-24(20)32/h1-10,12H,11,13-19H2,(H,28,29). The van der Waals surface area contributed by atoms with Crippen LogP contribution in [-0.2, 0) is 6.42 Å². The molecule has 5 rings (SSSR count). The van der Waals surface area contributed by atoms with Crippen LogP contribution < -0.4 is 15.1 Å². The maximum absolute atomic E-state index is 13.3. The first-order valence-corrected chi connectivity index (χ1v) is 11.5. The molecular weight excluding hydrogens is 417 g/mol. The molecule has 2 aromatic carbocycles. The Bertz CT molecular complexity index is 1110. The van der Waals surface area contributed by atoms with Crippen molar-refractivity contribution in [3.05, 3.63) is 83.8 Å². The fourth-order valence-electron chi connectivity index (χ4n) is 4.63. The molecule has 3 heterocycles. The zero-order valence-electron chi connectivity index (χ0n) is 18.6. The highest BCUT2D eigenvalue weighted by atomic mass is 19.1. The molecule has 1 N–H and O–H groups in total. The van der Waals surface area contributed by atoms with Crippen LogP contribution >= 0.6 is 0 Å². The molecule has 0 atom stereocenters. The number of carbonyl (C=O) groups is 1. The van der Waals surface area contributed by atoms with Gasteiger partial charge in [-0.3, -0.25) is 9.69 Å². The highest BCUT2D eigenvalue weighted by Gasteiger charge is 2.27. The van der Waals surface area contributed by atoms with Crippen molar-refractivity contribution in [3.63, 3.8) is 0 Å². The first-order chi connectivity index (χ1) is 16.2. The number of nitrogens with zero attached hydrogens (tertiary/aromatic N) is 4. The van der Waals surface area contributed by atoms with Crippen LogP contribution in [0, 0.1) is 5.82 Å². The fourth-order valence-corrected chi connectivity index (χ4v) is 4.63. The predicted octanol–water partition coefficient (Wildman–Crippen LogP) is 3.66. The third-order valence-electron chi connectivity index (χ3n) is 6.45. The summed E-state index contributed by atoms with van der Waals surface area (Å²) in [4.78, 5) is 24.3. The number of amides is 1. The second kappa shape index (κ2) is 9.58. The number of rotatable bonds is 6. The van der Waals surface area contributed by atoms with E-state index in [0.717, 1.165) is 50.5 Å². The molecule has 0 spiro atoms. The van der Waals surface area contributed by atoms with Crippen LogP contribution in [0.15, 0.2) is 66.9 Å². The smallest absolute Gasteiger partial charge is 0.262 e. The molecule has 1 saturated heterocycles. The Morgan fingerprint density at radius 2 is 1.73 bits per heavy atom. The Morgan fingerprint density at radius 1 is 0.939 bits per heavy atom. The van der Waals surface area contributed by atoms with E-state index in [2.05, 4.69) is 26.2 Å². The summed E-state index contributed by atoms with van der Waals surface area (Å²) in [6.07, 6.45) is 2.60. The maximum Gasteiger partial charge on any atom is 0.262 e. The number of nitrogens with one attached hydrogen (secondary N) is 1. The van der Waals surface area contributed by atoms with Gasteiger partial charge in [0.2, 0.25) is 0 Å². The monoisotopic (exact) mass is 445 g/mol. The number of halogens is 1. The van der Waals surface area contributed by atoms with Crippen molar-refractivity contribution in [2.24, 2.45) is 0 Å². The Balaban J connectivity index is 1.16. The number of hydrogen-bond acceptors (Lipinski definition) is 5. The maximum atomic E-state index is 13.3. The fraction of sp³-hybridized carbons (Fsp3) is 0.308. The average molecular weight is 446 g/mol. The highest BCUT2D eigenvalue weighted by Crippen LogP contribution is 2.30. The van der Waals surface area contributed by atoms with Gasteiger partial charge in [-0.15, -0.1) is 0 Å². The van der Waals surface area contributed by atoms with Gasteiger partial charge >= 0.3 is 0 Å². The molecule has 1 amide bonds. The first-order valence-electron chi connectivity index (χ1n) is 11.5. The minimum Gasteiger partial charge on any atom is -0.369 e. The number of carbonyl (C=O) groups excluding carboxylic acids is 1. The van der Waals surface area contributed by atoms with Crippen LogP contribution in [0.2, 0.25) is 0 Å². The molecule has 2 aliphatic rings. The van der Waals surface area contributed by atoms with Crippen molar-refractivity contribution in [2.45, 2.75) is 6.42 Å². The number of aromatic nitrogens is 1. The Hall–Kier alpha value is -3.45. The van der Waals surface area contributed by atoms with Crippen LogP contribution in [-0.4, -0.2) is 61.6 Å². The van der Waals surface area contributed by atoms with Crippen LogP contribution in [0.5, 0.6) is 0 Å². The molecule has 1 aromatic heterocycles. The van der Waals surface area contributed by atoms with Crippen LogP contribution in [0.25, 0.3) is 0 Å². The third-order valence-corrected chi connectivity index (χ3v) is 6.45. The van der Waals surface area contributed by atoms with Gasteiger partial charge in [0.25, 0.3) is 5.91 Å². The summed E-state index contributed by atoms with van der Waals surface area (Å²) in [5.74, 6) is 0.421. The second-order valence-electron chi connectivity index (χ2n) is 8.47. The molecule has 0 saturated carbocycles. The molecule has 0 aliphatic carbocycles. The van der Waals surface area contributed by atoms with E-state index in [-0.39, 0.29) is 11.7 Å². The molecule has 0 bridgehead atoms. The van der Waals surface area contributed by atoms with Crippen LogP contribution in [0.1, 0.15) is 15.9 Å². The first kappa shape index (κ1) is 21.4. The lowest BCUT2D eigenvalue weighted by Crippen LogP contribution is -2.47. The van der Waals surface area contributed by atoms with Gasteiger partial charge in [0.05, 0.1) is 5.56 Å². The zero-order chi connectivity index (χ0) is 22.6. The van der Waals surface area contributed by atoms with E-state index in [0.29, 0.717) is 24.5 Å². The van der Waals surface area contributed by atoms with E-state index in [1.807, 2.05) is 47.4 Å². The highest BCUT2D eigenvalue weighted by molar-refractivity contribution is 6.10. The quantitative estimate of drug-likeness (QED) is 0.628. The van der Waals surface area contributed by atoms with Gasteiger partial charge in [0.1, 0.15) is 11.6 Å². The van der Waals surface area contributed by atoms with Gasteiger partial charge in [-0.1, -0.05) is 18.2 Å². The lowest BCUT2D eigenvalue weighted by atomic mass is 10.1. The van der Waals surface area contributed by atoms with E-state index >= 15 is 0 Å². The minimum absolute atomic E-state index is 0.0107. The van der Waals surface area contributed by atoms with Gasteiger partial charge in [0.15, 0.2) is 0 Å². The third kappa shape index (κ3) is 4.68. The Labute approximate surface area is 193 Å². The number of benzene rings is 2. The number of fused-ring (bicyclic) bond motifs is 1. The summed E-state index contributed by atoms with van der Waals surface area (Å²) in [5, 5.41) is 3.38. The Morgan fingerprint density at radius 3 is 2.55 bits per heavy atom. The Kier molecular flexibility index (Phi) is 6.21. The van der Waals surface area contributed by atoms with Gasteiger partial charge < -0.3 is 15.1 Å². The van der Waals surface area contributed by atoms with Crippen molar-refractivity contribution in [1.29, 1.82) is 0 Å². The largest absolute Gasteiger partial charge is 0.369 e. The molecule has 2 aliphatic heterocycles. The second-order valence-corrected chi connectivity index (χ2v) is 8.47. The molecule has 0 unspecified atom stereocenters. The average Bonchev–Trinajstić information content (AvgIpc) is 3.29. The lowest BCUT2D eigenvalue weighted by molar-refractivity contribution is 0.0990.